The van der Waals surface area contributed by atoms with E-state index in [-0.39, 0.29) is 29.9 Å². The molecular formula is C20H31IN4O4. The van der Waals surface area contributed by atoms with Crippen molar-refractivity contribution in [1.29, 1.82) is 0 Å². The fourth-order valence-corrected chi connectivity index (χ4v) is 3.35. The van der Waals surface area contributed by atoms with Gasteiger partial charge in [-0.3, -0.25) is 9.79 Å². The quantitative estimate of drug-likeness (QED) is 0.259. The van der Waals surface area contributed by atoms with Crippen LogP contribution in [0.5, 0.6) is 5.75 Å². The van der Waals surface area contributed by atoms with Crippen LogP contribution in [0.2, 0.25) is 0 Å². The van der Waals surface area contributed by atoms with Crippen LogP contribution >= 0.6 is 24.0 Å². The van der Waals surface area contributed by atoms with Gasteiger partial charge in [-0.15, -0.1) is 24.0 Å². The molecule has 0 aromatic heterocycles. The predicted molar refractivity (Wildman–Crippen MR) is 123 cm³/mol. The number of likely N-dealkylation sites (tertiary alicyclic amines) is 1. The first kappa shape index (κ1) is 25.0. The molecule has 8 nitrogen and oxygen atoms in total. The van der Waals surface area contributed by atoms with E-state index < -0.39 is 5.97 Å². The second-order valence-corrected chi connectivity index (χ2v) is 6.73. The average Bonchev–Trinajstić information content (AvgIpc) is 2.74. The molecule has 9 heteroatoms. The van der Waals surface area contributed by atoms with E-state index in [2.05, 4.69) is 20.5 Å². The molecule has 1 fully saturated rings. The van der Waals surface area contributed by atoms with Crippen molar-refractivity contribution in [3.63, 3.8) is 0 Å². The number of aliphatic imine (C=N–C) groups is 1. The monoisotopic (exact) mass is 518 g/mol. The van der Waals surface area contributed by atoms with Gasteiger partial charge in [0, 0.05) is 40.2 Å². The number of ether oxygens (including phenoxy) is 2. The van der Waals surface area contributed by atoms with Crippen molar-refractivity contribution in [2.24, 2.45) is 10.9 Å². The van der Waals surface area contributed by atoms with Gasteiger partial charge in [0.05, 0.1) is 14.2 Å². The molecule has 0 saturated carbocycles. The Morgan fingerprint density at radius 3 is 2.48 bits per heavy atom. The standard InChI is InChI=1S/C20H30N4O4.HI/c1-21-18(25)12-14-7-9-24(10-8-14)20(22-2)23-13-15-5-6-16(19(26)28-4)17(11-15)27-3;/h5-6,11,14H,7-10,12-13H2,1-4H3,(H,21,25)(H,22,23);1H. The highest BCUT2D eigenvalue weighted by atomic mass is 127. The van der Waals surface area contributed by atoms with E-state index in [0.717, 1.165) is 37.5 Å². The van der Waals surface area contributed by atoms with Gasteiger partial charge in [0.15, 0.2) is 5.96 Å². The highest BCUT2D eigenvalue weighted by Gasteiger charge is 2.23. The summed E-state index contributed by atoms with van der Waals surface area (Å²) in [6.07, 6.45) is 2.52. The molecule has 0 atom stereocenters. The van der Waals surface area contributed by atoms with E-state index in [9.17, 15) is 9.59 Å². The maximum atomic E-state index is 11.8. The summed E-state index contributed by atoms with van der Waals surface area (Å²) in [7, 11) is 6.32. The summed E-state index contributed by atoms with van der Waals surface area (Å²) in [5.41, 5.74) is 1.37. The SMILES string of the molecule is CN=C(NCc1ccc(C(=O)OC)c(OC)c1)N1CCC(CC(=O)NC)CC1.I. The van der Waals surface area contributed by atoms with Gasteiger partial charge in [0.25, 0.3) is 0 Å². The van der Waals surface area contributed by atoms with Crippen LogP contribution in [0.1, 0.15) is 35.2 Å². The van der Waals surface area contributed by atoms with Gasteiger partial charge in [-0.2, -0.15) is 0 Å². The third kappa shape index (κ3) is 7.06. The predicted octanol–water partition coefficient (Wildman–Crippen LogP) is 2.02. The summed E-state index contributed by atoms with van der Waals surface area (Å²) >= 11 is 0. The van der Waals surface area contributed by atoms with Crippen LogP contribution in [-0.2, 0) is 16.1 Å². The van der Waals surface area contributed by atoms with E-state index in [1.54, 1.807) is 20.2 Å². The lowest BCUT2D eigenvalue weighted by atomic mass is 9.93. The van der Waals surface area contributed by atoms with Crippen molar-refractivity contribution < 1.29 is 19.1 Å². The Labute approximate surface area is 189 Å². The number of hydrogen-bond acceptors (Lipinski definition) is 5. The number of carbonyl (C=O) groups excluding carboxylic acids is 2. The average molecular weight is 518 g/mol. The van der Waals surface area contributed by atoms with Crippen LogP contribution in [0.15, 0.2) is 23.2 Å². The Bertz CT molecular complexity index is 718. The number of halogens is 1. The van der Waals surface area contributed by atoms with E-state index in [1.165, 1.54) is 14.2 Å². The lowest BCUT2D eigenvalue weighted by Gasteiger charge is -2.34. The lowest BCUT2D eigenvalue weighted by molar-refractivity contribution is -0.121. The summed E-state index contributed by atoms with van der Waals surface area (Å²) in [6.45, 7) is 2.29. The molecule has 1 saturated heterocycles. The van der Waals surface area contributed by atoms with Crippen LogP contribution in [0.3, 0.4) is 0 Å². The Morgan fingerprint density at radius 2 is 1.93 bits per heavy atom. The second kappa shape index (κ2) is 12.5. The highest BCUT2D eigenvalue weighted by Crippen LogP contribution is 2.22. The van der Waals surface area contributed by atoms with Crippen molar-refractivity contribution >= 4 is 41.8 Å². The Kier molecular flexibility index (Phi) is 10.8. The van der Waals surface area contributed by atoms with Crippen molar-refractivity contribution in [2.45, 2.75) is 25.8 Å². The minimum atomic E-state index is -0.424. The minimum absolute atomic E-state index is 0. The van der Waals surface area contributed by atoms with Crippen molar-refractivity contribution in [3.8, 4) is 5.75 Å². The summed E-state index contributed by atoms with van der Waals surface area (Å²) in [6, 6.07) is 5.39. The molecule has 1 aliphatic heterocycles. The van der Waals surface area contributed by atoms with E-state index in [1.807, 2.05) is 12.1 Å². The molecule has 2 rings (SSSR count). The van der Waals surface area contributed by atoms with Crippen LogP contribution in [0.4, 0.5) is 0 Å². The summed E-state index contributed by atoms with van der Waals surface area (Å²) in [5.74, 6) is 1.41. The zero-order valence-electron chi connectivity index (χ0n) is 17.5. The first-order valence-electron chi connectivity index (χ1n) is 9.43. The Morgan fingerprint density at radius 1 is 1.24 bits per heavy atom. The number of rotatable bonds is 6. The van der Waals surface area contributed by atoms with Crippen LogP contribution in [0, 0.1) is 5.92 Å². The molecule has 1 aromatic rings. The molecule has 1 amide bonds. The molecule has 2 N–H and O–H groups in total. The zero-order chi connectivity index (χ0) is 20.5. The van der Waals surface area contributed by atoms with E-state index in [0.29, 0.717) is 30.2 Å². The number of guanidine groups is 1. The molecule has 29 heavy (non-hydrogen) atoms. The molecule has 0 spiro atoms. The maximum absolute atomic E-state index is 11.8. The molecule has 0 radical (unpaired) electrons. The van der Waals surface area contributed by atoms with Crippen LogP contribution in [0.25, 0.3) is 0 Å². The Hall–Kier alpha value is -2.04. The normalized spacial score (nSPS) is 14.6. The smallest absolute Gasteiger partial charge is 0.341 e. The van der Waals surface area contributed by atoms with Crippen LogP contribution in [-0.4, -0.2) is 64.1 Å². The van der Waals surface area contributed by atoms with E-state index in [4.69, 9.17) is 9.47 Å². The fraction of sp³-hybridized carbons (Fsp3) is 0.550. The molecule has 0 bridgehead atoms. The summed E-state index contributed by atoms with van der Waals surface area (Å²) in [4.78, 5) is 29.9. The number of piperidine rings is 1. The maximum Gasteiger partial charge on any atom is 0.341 e. The number of nitrogens with one attached hydrogen (secondary N) is 2. The molecule has 1 aromatic carbocycles. The number of benzene rings is 1. The van der Waals surface area contributed by atoms with Crippen molar-refractivity contribution in [2.75, 3.05) is 41.4 Å². The number of esters is 1. The van der Waals surface area contributed by atoms with Crippen molar-refractivity contribution in [3.05, 3.63) is 29.3 Å². The molecule has 0 unspecified atom stereocenters. The van der Waals surface area contributed by atoms with Gasteiger partial charge in [0.1, 0.15) is 11.3 Å². The van der Waals surface area contributed by atoms with Gasteiger partial charge in [-0.05, 0) is 36.5 Å². The van der Waals surface area contributed by atoms with Gasteiger partial charge >= 0.3 is 5.97 Å². The number of amides is 1. The largest absolute Gasteiger partial charge is 0.496 e. The first-order valence-corrected chi connectivity index (χ1v) is 9.43. The first-order chi connectivity index (χ1) is 13.5. The summed E-state index contributed by atoms with van der Waals surface area (Å²) < 4.78 is 10.1. The molecule has 1 heterocycles. The number of hydrogen-bond donors (Lipinski definition) is 2. The van der Waals surface area contributed by atoms with Crippen LogP contribution < -0.4 is 15.4 Å². The second-order valence-electron chi connectivity index (χ2n) is 6.73. The summed E-state index contributed by atoms with van der Waals surface area (Å²) in [5, 5.41) is 6.05. The van der Waals surface area contributed by atoms with Gasteiger partial charge in [0.2, 0.25) is 5.91 Å². The van der Waals surface area contributed by atoms with Crippen molar-refractivity contribution in [1.82, 2.24) is 15.5 Å². The van der Waals surface area contributed by atoms with Gasteiger partial charge in [-0.1, -0.05) is 6.07 Å². The van der Waals surface area contributed by atoms with Gasteiger partial charge in [-0.25, -0.2) is 4.79 Å². The van der Waals surface area contributed by atoms with E-state index >= 15 is 0 Å². The minimum Gasteiger partial charge on any atom is -0.496 e. The highest BCUT2D eigenvalue weighted by molar-refractivity contribution is 14.0. The third-order valence-corrected chi connectivity index (χ3v) is 5.00. The Balaban J connectivity index is 0.00000420. The topological polar surface area (TPSA) is 92.3 Å². The van der Waals surface area contributed by atoms with Gasteiger partial charge < -0.3 is 25.0 Å². The molecule has 162 valence electrons. The zero-order valence-corrected chi connectivity index (χ0v) is 19.8. The molecule has 1 aliphatic rings. The number of methoxy groups -OCH3 is 2. The fourth-order valence-electron chi connectivity index (χ4n) is 3.35. The third-order valence-electron chi connectivity index (χ3n) is 5.00. The number of nitrogens with zero attached hydrogens (tertiary/aromatic N) is 2. The molecule has 0 aliphatic carbocycles. The molecular weight excluding hydrogens is 487 g/mol. The number of carbonyl (C=O) groups is 2. The lowest BCUT2D eigenvalue weighted by Crippen LogP contribution is -2.45.